The van der Waals surface area contributed by atoms with Crippen LogP contribution in [0.1, 0.15) is 45.4 Å². The summed E-state index contributed by atoms with van der Waals surface area (Å²) in [7, 11) is 0. The Kier molecular flexibility index (Phi) is 6.29. The second-order valence-electron chi connectivity index (χ2n) is 4.11. The molecule has 1 aromatic heterocycles. The molecule has 0 spiro atoms. The van der Waals surface area contributed by atoms with Gasteiger partial charge in [-0.2, -0.15) is 4.98 Å². The first-order valence-electron chi connectivity index (χ1n) is 6.22. The summed E-state index contributed by atoms with van der Waals surface area (Å²) in [4.78, 5) is 16.5. The molecule has 5 heteroatoms. The maximum absolute atomic E-state index is 13.2. The Morgan fingerprint density at radius 3 is 2.76 bits per heavy atom. The molecule has 0 saturated carbocycles. The standard InChI is InChI=1S/C12H20FN3O/c1-2-3-4-5-6-7-8-14-11-10(13)9-15-12(17)16-11/h9H,2-8H2,1H3,(H2,14,15,16,17). The van der Waals surface area contributed by atoms with Crippen LogP contribution in [0.3, 0.4) is 0 Å². The van der Waals surface area contributed by atoms with Crippen LogP contribution in [0.15, 0.2) is 11.0 Å². The molecular formula is C12H20FN3O. The number of unbranched alkanes of at least 4 members (excludes halogenated alkanes) is 5. The van der Waals surface area contributed by atoms with E-state index in [9.17, 15) is 9.18 Å². The first kappa shape index (κ1) is 13.7. The van der Waals surface area contributed by atoms with Crippen LogP contribution >= 0.6 is 0 Å². The van der Waals surface area contributed by atoms with E-state index in [1.165, 1.54) is 25.7 Å². The van der Waals surface area contributed by atoms with E-state index in [0.29, 0.717) is 6.54 Å². The van der Waals surface area contributed by atoms with E-state index in [1.807, 2.05) is 0 Å². The first-order chi connectivity index (χ1) is 8.24. The molecule has 0 unspecified atom stereocenters. The Labute approximate surface area is 101 Å². The lowest BCUT2D eigenvalue weighted by atomic mass is 10.1. The van der Waals surface area contributed by atoms with Gasteiger partial charge in [-0.05, 0) is 6.42 Å². The quantitative estimate of drug-likeness (QED) is 0.688. The van der Waals surface area contributed by atoms with Gasteiger partial charge < -0.3 is 5.32 Å². The summed E-state index contributed by atoms with van der Waals surface area (Å²) in [5.41, 5.74) is -0.531. The maximum Gasteiger partial charge on any atom is 0.346 e. The van der Waals surface area contributed by atoms with Crippen molar-refractivity contribution in [2.75, 3.05) is 11.9 Å². The van der Waals surface area contributed by atoms with E-state index < -0.39 is 11.5 Å². The van der Waals surface area contributed by atoms with Gasteiger partial charge in [-0.15, -0.1) is 0 Å². The molecule has 0 bridgehead atoms. The third-order valence-corrected chi connectivity index (χ3v) is 2.60. The lowest BCUT2D eigenvalue weighted by Gasteiger charge is -2.06. The highest BCUT2D eigenvalue weighted by Gasteiger charge is 2.01. The zero-order chi connectivity index (χ0) is 12.5. The fraction of sp³-hybridized carbons (Fsp3) is 0.667. The average molecular weight is 241 g/mol. The Morgan fingerprint density at radius 1 is 1.29 bits per heavy atom. The molecule has 2 N–H and O–H groups in total. The minimum Gasteiger partial charge on any atom is -0.369 e. The fourth-order valence-electron chi connectivity index (χ4n) is 1.63. The third-order valence-electron chi connectivity index (χ3n) is 2.60. The zero-order valence-corrected chi connectivity index (χ0v) is 10.3. The number of aromatic nitrogens is 2. The number of rotatable bonds is 8. The van der Waals surface area contributed by atoms with E-state index in [0.717, 1.165) is 19.0 Å². The number of halogens is 1. The number of anilines is 1. The normalized spacial score (nSPS) is 10.5. The fourth-order valence-corrected chi connectivity index (χ4v) is 1.63. The van der Waals surface area contributed by atoms with Crippen molar-refractivity contribution in [3.63, 3.8) is 0 Å². The monoisotopic (exact) mass is 241 g/mol. The van der Waals surface area contributed by atoms with Crippen molar-refractivity contribution in [3.05, 3.63) is 22.5 Å². The molecule has 1 aromatic rings. The Bertz CT molecular complexity index is 378. The van der Waals surface area contributed by atoms with E-state index in [1.54, 1.807) is 0 Å². The van der Waals surface area contributed by atoms with Crippen molar-refractivity contribution in [1.82, 2.24) is 9.97 Å². The zero-order valence-electron chi connectivity index (χ0n) is 10.3. The van der Waals surface area contributed by atoms with Gasteiger partial charge in [0.2, 0.25) is 0 Å². The molecule has 0 aliphatic carbocycles. The molecule has 1 heterocycles. The molecule has 0 atom stereocenters. The van der Waals surface area contributed by atoms with Gasteiger partial charge in [0.25, 0.3) is 0 Å². The molecule has 0 aliphatic heterocycles. The highest BCUT2D eigenvalue weighted by Crippen LogP contribution is 2.07. The summed E-state index contributed by atoms with van der Waals surface area (Å²) in [6, 6.07) is 0. The molecule has 0 amide bonds. The molecule has 0 saturated heterocycles. The summed E-state index contributed by atoms with van der Waals surface area (Å²) in [5.74, 6) is -0.380. The van der Waals surface area contributed by atoms with Gasteiger partial charge in [-0.3, -0.25) is 4.98 Å². The van der Waals surface area contributed by atoms with Gasteiger partial charge in [0.1, 0.15) is 5.82 Å². The highest BCUT2D eigenvalue weighted by atomic mass is 19.1. The minimum atomic E-state index is -0.531. The highest BCUT2D eigenvalue weighted by molar-refractivity contribution is 5.33. The SMILES string of the molecule is CCCCCCCCNc1[nH]c(=O)ncc1F. The predicted molar refractivity (Wildman–Crippen MR) is 66.7 cm³/mol. The third kappa shape index (κ3) is 5.47. The molecule has 0 aliphatic rings. The van der Waals surface area contributed by atoms with Gasteiger partial charge in [0.15, 0.2) is 5.82 Å². The summed E-state index contributed by atoms with van der Waals surface area (Å²) in [6.07, 6.45) is 8.03. The van der Waals surface area contributed by atoms with Crippen molar-refractivity contribution in [2.45, 2.75) is 45.4 Å². The molecule has 0 radical (unpaired) electrons. The van der Waals surface area contributed by atoms with Crippen LogP contribution in [0.25, 0.3) is 0 Å². The summed E-state index contributed by atoms with van der Waals surface area (Å²) in [6.45, 7) is 2.85. The number of nitrogens with zero attached hydrogens (tertiary/aromatic N) is 1. The predicted octanol–water partition coefficient (Wildman–Crippen LogP) is 2.68. The van der Waals surface area contributed by atoms with E-state index >= 15 is 0 Å². The average Bonchev–Trinajstić information content (AvgIpc) is 2.32. The van der Waals surface area contributed by atoms with Gasteiger partial charge in [0, 0.05) is 6.54 Å². The lowest BCUT2D eigenvalue weighted by molar-refractivity contribution is 0.604. The minimum absolute atomic E-state index is 0.138. The van der Waals surface area contributed by atoms with Crippen molar-refractivity contribution < 1.29 is 4.39 Å². The van der Waals surface area contributed by atoms with E-state index in [2.05, 4.69) is 22.2 Å². The van der Waals surface area contributed by atoms with Gasteiger partial charge in [-0.25, -0.2) is 9.18 Å². The molecule has 4 nitrogen and oxygen atoms in total. The van der Waals surface area contributed by atoms with Crippen LogP contribution in [0.5, 0.6) is 0 Å². The molecule has 0 aromatic carbocycles. The van der Waals surface area contributed by atoms with Crippen LogP contribution in [-0.2, 0) is 0 Å². The second-order valence-corrected chi connectivity index (χ2v) is 4.11. The Hall–Kier alpha value is -1.39. The summed E-state index contributed by atoms with van der Waals surface area (Å²) in [5, 5.41) is 2.87. The lowest BCUT2D eigenvalue weighted by Crippen LogP contribution is -2.15. The van der Waals surface area contributed by atoms with Crippen LogP contribution in [-0.4, -0.2) is 16.5 Å². The van der Waals surface area contributed by atoms with Crippen molar-refractivity contribution >= 4 is 5.82 Å². The van der Waals surface area contributed by atoms with Gasteiger partial charge in [0.05, 0.1) is 6.20 Å². The molecule has 0 fully saturated rings. The number of hydrogen-bond acceptors (Lipinski definition) is 3. The number of hydrogen-bond donors (Lipinski definition) is 2. The number of nitrogens with one attached hydrogen (secondary N) is 2. The summed E-state index contributed by atoms with van der Waals surface area (Å²) >= 11 is 0. The number of H-pyrrole nitrogens is 1. The first-order valence-corrected chi connectivity index (χ1v) is 6.22. The van der Waals surface area contributed by atoms with Gasteiger partial charge in [-0.1, -0.05) is 39.0 Å². The topological polar surface area (TPSA) is 57.8 Å². The van der Waals surface area contributed by atoms with Crippen LogP contribution in [0, 0.1) is 5.82 Å². The molecule has 17 heavy (non-hydrogen) atoms. The van der Waals surface area contributed by atoms with Crippen molar-refractivity contribution in [3.8, 4) is 0 Å². The molecule has 96 valence electrons. The Balaban J connectivity index is 2.18. The Morgan fingerprint density at radius 2 is 2.00 bits per heavy atom. The van der Waals surface area contributed by atoms with E-state index in [4.69, 9.17) is 0 Å². The molecular weight excluding hydrogens is 221 g/mol. The molecule has 1 rings (SSSR count). The summed E-state index contributed by atoms with van der Waals surface area (Å²) < 4.78 is 13.2. The van der Waals surface area contributed by atoms with Gasteiger partial charge >= 0.3 is 5.69 Å². The smallest absolute Gasteiger partial charge is 0.346 e. The van der Waals surface area contributed by atoms with Crippen molar-refractivity contribution in [2.24, 2.45) is 0 Å². The van der Waals surface area contributed by atoms with E-state index in [-0.39, 0.29) is 5.82 Å². The van der Waals surface area contributed by atoms with Crippen LogP contribution in [0.4, 0.5) is 10.2 Å². The van der Waals surface area contributed by atoms with Crippen LogP contribution in [0.2, 0.25) is 0 Å². The largest absolute Gasteiger partial charge is 0.369 e. The number of aromatic amines is 1. The second kappa shape index (κ2) is 7.81. The van der Waals surface area contributed by atoms with Crippen molar-refractivity contribution in [1.29, 1.82) is 0 Å². The van der Waals surface area contributed by atoms with Crippen LogP contribution < -0.4 is 11.0 Å². The maximum atomic E-state index is 13.2.